The molecule has 0 saturated carbocycles. The van der Waals surface area contributed by atoms with Gasteiger partial charge in [0.15, 0.2) is 11.6 Å². The molecule has 0 radical (unpaired) electrons. The van der Waals surface area contributed by atoms with Crippen LogP contribution in [0.5, 0.6) is 0 Å². The molecule has 0 amide bonds. The smallest absolute Gasteiger partial charge is 0.550 e. The third-order valence-corrected chi connectivity index (χ3v) is 3.86. The van der Waals surface area contributed by atoms with E-state index in [0.717, 1.165) is 5.57 Å². The SMILES string of the molecule is CC(=CCC1=C(C)C(=O)c2ccccc2C1=O)CCC(=O)[O-].[Na+]. The number of carbonyl (C=O) groups excluding carboxylic acids is 3. The molecule has 0 bridgehead atoms. The molecular formula is C18H17NaO4. The second-order valence-electron chi connectivity index (χ2n) is 5.43. The zero-order chi connectivity index (χ0) is 16.3. The van der Waals surface area contributed by atoms with E-state index in [1.807, 2.05) is 6.92 Å². The van der Waals surface area contributed by atoms with E-state index in [4.69, 9.17) is 0 Å². The summed E-state index contributed by atoms with van der Waals surface area (Å²) in [5.74, 6) is -1.34. The van der Waals surface area contributed by atoms with E-state index < -0.39 is 5.97 Å². The van der Waals surface area contributed by atoms with Crippen molar-refractivity contribution < 1.29 is 49.0 Å². The molecular weight excluding hydrogens is 303 g/mol. The molecule has 23 heavy (non-hydrogen) atoms. The normalized spacial score (nSPS) is 14.4. The molecule has 4 nitrogen and oxygen atoms in total. The summed E-state index contributed by atoms with van der Waals surface area (Å²) in [6.07, 6.45) is 2.48. The fourth-order valence-corrected chi connectivity index (χ4v) is 2.47. The van der Waals surface area contributed by atoms with Gasteiger partial charge in [0.05, 0.1) is 0 Å². The van der Waals surface area contributed by atoms with Crippen LogP contribution in [0.3, 0.4) is 0 Å². The third kappa shape index (κ3) is 4.50. The number of aliphatic carboxylic acids is 1. The molecule has 1 aliphatic rings. The zero-order valence-corrected chi connectivity index (χ0v) is 15.6. The first-order chi connectivity index (χ1) is 10.4. The van der Waals surface area contributed by atoms with Crippen molar-refractivity contribution in [3.63, 3.8) is 0 Å². The first-order valence-corrected chi connectivity index (χ1v) is 7.15. The molecule has 0 atom stereocenters. The largest absolute Gasteiger partial charge is 1.00 e. The van der Waals surface area contributed by atoms with Gasteiger partial charge in [-0.3, -0.25) is 9.59 Å². The number of benzene rings is 1. The van der Waals surface area contributed by atoms with Crippen LogP contribution in [0, 0.1) is 0 Å². The molecule has 1 aliphatic carbocycles. The van der Waals surface area contributed by atoms with Crippen LogP contribution < -0.4 is 34.7 Å². The van der Waals surface area contributed by atoms with Gasteiger partial charge in [0.25, 0.3) is 0 Å². The summed E-state index contributed by atoms with van der Waals surface area (Å²) in [4.78, 5) is 35.3. The molecule has 0 heterocycles. The van der Waals surface area contributed by atoms with Gasteiger partial charge in [0.2, 0.25) is 0 Å². The van der Waals surface area contributed by atoms with E-state index in [9.17, 15) is 19.5 Å². The van der Waals surface area contributed by atoms with Crippen molar-refractivity contribution in [2.24, 2.45) is 0 Å². The minimum Gasteiger partial charge on any atom is -0.550 e. The Balaban J connectivity index is 0.00000264. The molecule has 0 saturated heterocycles. The predicted octanol–water partition coefficient (Wildman–Crippen LogP) is -0.747. The van der Waals surface area contributed by atoms with Crippen LogP contribution in [0.1, 0.15) is 53.8 Å². The van der Waals surface area contributed by atoms with Crippen LogP contribution >= 0.6 is 0 Å². The van der Waals surface area contributed by atoms with Gasteiger partial charge in [0, 0.05) is 28.2 Å². The van der Waals surface area contributed by atoms with Crippen LogP contribution in [0.15, 0.2) is 47.1 Å². The zero-order valence-electron chi connectivity index (χ0n) is 13.6. The van der Waals surface area contributed by atoms with Crippen LogP contribution in [-0.2, 0) is 4.79 Å². The number of allylic oxidation sites excluding steroid dienone is 4. The number of fused-ring (bicyclic) bond motifs is 1. The van der Waals surface area contributed by atoms with Gasteiger partial charge in [-0.05, 0) is 33.1 Å². The summed E-state index contributed by atoms with van der Waals surface area (Å²) in [5, 5.41) is 10.4. The summed E-state index contributed by atoms with van der Waals surface area (Å²) in [7, 11) is 0. The van der Waals surface area contributed by atoms with E-state index in [1.54, 1.807) is 37.3 Å². The van der Waals surface area contributed by atoms with E-state index in [-0.39, 0.29) is 47.5 Å². The standard InChI is InChI=1S/C18H18O4.Na/c1-11(8-10-16(19)20)7-9-13-12(2)17(21)14-5-3-4-6-15(14)18(13)22;/h3-7H,8-10H2,1-2H3,(H,19,20);/q;+1/p-1. The fourth-order valence-electron chi connectivity index (χ4n) is 2.47. The molecule has 114 valence electrons. The van der Waals surface area contributed by atoms with E-state index in [2.05, 4.69) is 0 Å². The Morgan fingerprint density at radius 3 is 2.22 bits per heavy atom. The topological polar surface area (TPSA) is 74.3 Å². The summed E-state index contributed by atoms with van der Waals surface area (Å²) >= 11 is 0. The van der Waals surface area contributed by atoms with Crippen LogP contribution in [-0.4, -0.2) is 17.5 Å². The van der Waals surface area contributed by atoms with Crippen LogP contribution in [0.2, 0.25) is 0 Å². The molecule has 0 N–H and O–H groups in total. The summed E-state index contributed by atoms with van der Waals surface area (Å²) in [6.45, 7) is 3.47. The van der Waals surface area contributed by atoms with Gasteiger partial charge in [-0.2, -0.15) is 0 Å². The molecule has 2 rings (SSSR count). The molecule has 1 aromatic rings. The van der Waals surface area contributed by atoms with Crippen molar-refractivity contribution in [3.05, 3.63) is 58.2 Å². The van der Waals surface area contributed by atoms with Crippen molar-refractivity contribution in [3.8, 4) is 0 Å². The molecule has 0 unspecified atom stereocenters. The van der Waals surface area contributed by atoms with Gasteiger partial charge in [0.1, 0.15) is 0 Å². The fraction of sp³-hybridized carbons (Fsp3) is 0.278. The van der Waals surface area contributed by atoms with Gasteiger partial charge in [-0.15, -0.1) is 0 Å². The molecule has 0 aromatic heterocycles. The average molecular weight is 320 g/mol. The van der Waals surface area contributed by atoms with Gasteiger partial charge in [-0.25, -0.2) is 0 Å². The number of carboxylic acid groups (broad SMARTS) is 1. The predicted molar refractivity (Wildman–Crippen MR) is 80.4 cm³/mol. The van der Waals surface area contributed by atoms with Crippen LogP contribution in [0.25, 0.3) is 0 Å². The quantitative estimate of drug-likeness (QED) is 0.529. The van der Waals surface area contributed by atoms with E-state index in [1.165, 1.54) is 0 Å². The number of hydrogen-bond donors (Lipinski definition) is 0. The van der Waals surface area contributed by atoms with Crippen molar-refractivity contribution in [1.29, 1.82) is 0 Å². The summed E-state index contributed by atoms with van der Waals surface area (Å²) < 4.78 is 0. The Hall–Kier alpha value is -1.49. The maximum absolute atomic E-state index is 12.5. The number of Topliss-reactive ketones (excluding diaryl/α,β-unsaturated/α-hetero) is 2. The Morgan fingerprint density at radius 1 is 1.09 bits per heavy atom. The van der Waals surface area contributed by atoms with Crippen molar-refractivity contribution >= 4 is 17.5 Å². The summed E-state index contributed by atoms with van der Waals surface area (Å²) in [6, 6.07) is 6.81. The third-order valence-electron chi connectivity index (χ3n) is 3.86. The monoisotopic (exact) mass is 320 g/mol. The Morgan fingerprint density at radius 2 is 1.65 bits per heavy atom. The minimum absolute atomic E-state index is 0. The molecule has 1 aromatic carbocycles. The Kier molecular flexibility index (Phi) is 7.13. The number of carbonyl (C=O) groups is 3. The van der Waals surface area contributed by atoms with Gasteiger partial charge >= 0.3 is 29.6 Å². The van der Waals surface area contributed by atoms with Gasteiger partial charge < -0.3 is 9.90 Å². The average Bonchev–Trinajstić information content (AvgIpc) is 2.50. The Bertz CT molecular complexity index is 713. The van der Waals surface area contributed by atoms with Crippen LogP contribution in [0.4, 0.5) is 0 Å². The Labute approximate surface area is 157 Å². The molecule has 0 spiro atoms. The number of hydrogen-bond acceptors (Lipinski definition) is 4. The molecule has 0 aliphatic heterocycles. The number of carboxylic acids is 1. The van der Waals surface area contributed by atoms with E-state index >= 15 is 0 Å². The molecule has 0 fully saturated rings. The first kappa shape index (κ1) is 19.6. The maximum atomic E-state index is 12.5. The second kappa shape index (κ2) is 8.39. The maximum Gasteiger partial charge on any atom is 1.00 e. The van der Waals surface area contributed by atoms with Crippen molar-refractivity contribution in [2.75, 3.05) is 0 Å². The van der Waals surface area contributed by atoms with Crippen molar-refractivity contribution in [2.45, 2.75) is 33.1 Å². The van der Waals surface area contributed by atoms with Gasteiger partial charge in [-0.1, -0.05) is 35.9 Å². The number of ketones is 2. The minimum atomic E-state index is -1.10. The first-order valence-electron chi connectivity index (χ1n) is 7.15. The number of rotatable bonds is 5. The van der Waals surface area contributed by atoms with Crippen molar-refractivity contribution in [1.82, 2.24) is 0 Å². The summed E-state index contributed by atoms with van der Waals surface area (Å²) in [5.41, 5.74) is 2.70. The molecule has 5 heteroatoms. The van der Waals surface area contributed by atoms with E-state index in [0.29, 0.717) is 35.1 Å². The second-order valence-corrected chi connectivity index (χ2v) is 5.43.